The molecule has 4 N–H and O–H groups in total. The van der Waals surface area contributed by atoms with Crippen LogP contribution in [0.4, 0.5) is 17.2 Å². The average molecular weight is 414 g/mol. The molecule has 0 aliphatic carbocycles. The summed E-state index contributed by atoms with van der Waals surface area (Å²) in [6.07, 6.45) is 1.86. The third-order valence-electron chi connectivity index (χ3n) is 6.09. The lowest BCUT2D eigenvalue weighted by Gasteiger charge is -2.34. The number of nitrogens with zero attached hydrogens (tertiary/aromatic N) is 5. The molecule has 5 rings (SSSR count). The lowest BCUT2D eigenvalue weighted by Crippen LogP contribution is -2.44. The molecule has 31 heavy (non-hydrogen) atoms. The van der Waals surface area contributed by atoms with Gasteiger partial charge in [-0.25, -0.2) is 4.98 Å². The Morgan fingerprint density at radius 2 is 1.65 bits per heavy atom. The molecular weight excluding hydrogens is 386 g/mol. The summed E-state index contributed by atoms with van der Waals surface area (Å²) in [4.78, 5) is 9.69. The predicted octanol–water partition coefficient (Wildman–Crippen LogP) is 3.29. The summed E-state index contributed by atoms with van der Waals surface area (Å²) in [5.74, 6) is 0.578. The fraction of sp³-hybridized carbons (Fsp3) is 0.250. The molecule has 2 aromatic heterocycles. The normalized spacial score (nSPS) is 15.0. The van der Waals surface area contributed by atoms with E-state index in [1.807, 2.05) is 37.4 Å². The largest absolute Gasteiger partial charge is 0.399 e. The van der Waals surface area contributed by atoms with Gasteiger partial charge in [-0.15, -0.1) is 0 Å². The minimum absolute atomic E-state index is 0.578. The molecule has 1 aliphatic rings. The summed E-state index contributed by atoms with van der Waals surface area (Å²) in [5, 5.41) is 4.58. The Kier molecular flexibility index (Phi) is 4.75. The molecule has 0 radical (unpaired) electrons. The van der Waals surface area contributed by atoms with Gasteiger partial charge >= 0.3 is 0 Å². The van der Waals surface area contributed by atoms with E-state index in [4.69, 9.17) is 16.5 Å². The molecule has 3 heterocycles. The monoisotopic (exact) mass is 413 g/mol. The molecule has 0 spiro atoms. The van der Waals surface area contributed by atoms with Crippen molar-refractivity contribution >= 4 is 22.8 Å². The standard InChI is InChI=1S/C24H27N7/c1-16-22(17-6-8-19(25)9-7-17)23(26)31-24(28-16)21(15-27-31)18-4-3-5-20(14-18)30-12-10-29(2)11-13-30/h3-9,14-15H,10-13,25-26H2,1-2H3. The molecule has 0 amide bonds. The Bertz CT molecular complexity index is 1240. The molecule has 0 unspecified atom stereocenters. The average Bonchev–Trinajstić information content (AvgIpc) is 3.20. The molecule has 0 atom stereocenters. The van der Waals surface area contributed by atoms with Gasteiger partial charge in [0.25, 0.3) is 0 Å². The zero-order valence-electron chi connectivity index (χ0n) is 17.9. The highest BCUT2D eigenvalue weighted by Crippen LogP contribution is 2.34. The molecule has 4 aromatic rings. The minimum atomic E-state index is 0.578. The Balaban J connectivity index is 1.56. The Morgan fingerprint density at radius 1 is 0.903 bits per heavy atom. The fourth-order valence-electron chi connectivity index (χ4n) is 4.28. The molecule has 158 valence electrons. The molecule has 1 fully saturated rings. The molecule has 0 bridgehead atoms. The first-order valence-corrected chi connectivity index (χ1v) is 10.5. The van der Waals surface area contributed by atoms with Crippen molar-refractivity contribution in [3.05, 3.63) is 60.4 Å². The molecule has 7 nitrogen and oxygen atoms in total. The van der Waals surface area contributed by atoms with Crippen LogP contribution in [0.1, 0.15) is 5.69 Å². The number of aryl methyl sites for hydroxylation is 1. The van der Waals surface area contributed by atoms with E-state index in [1.165, 1.54) is 5.69 Å². The number of benzene rings is 2. The SMILES string of the molecule is Cc1nc2c(-c3cccc(N4CCN(C)CC4)c3)cnn2c(N)c1-c1ccc(N)cc1. The highest BCUT2D eigenvalue weighted by atomic mass is 15.3. The van der Waals surface area contributed by atoms with E-state index in [2.05, 4.69) is 46.2 Å². The number of hydrogen-bond acceptors (Lipinski definition) is 6. The van der Waals surface area contributed by atoms with Crippen molar-refractivity contribution in [2.24, 2.45) is 0 Å². The molecule has 0 saturated carbocycles. The van der Waals surface area contributed by atoms with Gasteiger partial charge in [0.05, 0.1) is 11.9 Å². The summed E-state index contributed by atoms with van der Waals surface area (Å²) in [6.45, 7) is 6.20. The second kappa shape index (κ2) is 7.59. The third kappa shape index (κ3) is 3.47. The van der Waals surface area contributed by atoms with E-state index >= 15 is 0 Å². The van der Waals surface area contributed by atoms with Crippen molar-refractivity contribution in [2.45, 2.75) is 6.92 Å². The second-order valence-corrected chi connectivity index (χ2v) is 8.21. The van der Waals surface area contributed by atoms with E-state index in [1.54, 1.807) is 4.52 Å². The van der Waals surface area contributed by atoms with E-state index in [0.29, 0.717) is 5.82 Å². The molecular formula is C24H27N7. The van der Waals surface area contributed by atoms with Crippen LogP contribution in [0.25, 0.3) is 27.9 Å². The van der Waals surface area contributed by atoms with Crippen molar-refractivity contribution < 1.29 is 0 Å². The highest BCUT2D eigenvalue weighted by Gasteiger charge is 2.18. The van der Waals surface area contributed by atoms with E-state index in [9.17, 15) is 0 Å². The van der Waals surface area contributed by atoms with E-state index < -0.39 is 0 Å². The third-order valence-corrected chi connectivity index (χ3v) is 6.09. The number of fused-ring (bicyclic) bond motifs is 1. The zero-order chi connectivity index (χ0) is 21.5. The van der Waals surface area contributed by atoms with Crippen LogP contribution in [0.15, 0.2) is 54.7 Å². The van der Waals surface area contributed by atoms with Gasteiger partial charge in [0.1, 0.15) is 5.82 Å². The van der Waals surface area contributed by atoms with E-state index in [-0.39, 0.29) is 0 Å². The summed E-state index contributed by atoms with van der Waals surface area (Å²) in [5.41, 5.74) is 19.9. The maximum absolute atomic E-state index is 6.56. The van der Waals surface area contributed by atoms with Crippen molar-refractivity contribution in [3.63, 3.8) is 0 Å². The van der Waals surface area contributed by atoms with Gasteiger partial charge in [-0.3, -0.25) is 0 Å². The summed E-state index contributed by atoms with van der Waals surface area (Å²) < 4.78 is 1.73. The van der Waals surface area contributed by atoms with Gasteiger partial charge < -0.3 is 21.3 Å². The number of piperazine rings is 1. The Labute approximate surface area is 181 Å². The summed E-state index contributed by atoms with van der Waals surface area (Å²) >= 11 is 0. The maximum atomic E-state index is 6.56. The topological polar surface area (TPSA) is 88.7 Å². The molecule has 2 aromatic carbocycles. The minimum Gasteiger partial charge on any atom is -0.399 e. The van der Waals surface area contributed by atoms with Crippen LogP contribution in [0.5, 0.6) is 0 Å². The number of nitrogen functional groups attached to an aromatic ring is 2. The van der Waals surface area contributed by atoms with Gasteiger partial charge in [0.2, 0.25) is 0 Å². The fourth-order valence-corrected chi connectivity index (χ4v) is 4.28. The maximum Gasteiger partial charge on any atom is 0.165 e. The number of nitrogens with two attached hydrogens (primary N) is 2. The molecule has 7 heteroatoms. The number of likely N-dealkylation sites (N-methyl/N-ethyl adjacent to an activating group) is 1. The van der Waals surface area contributed by atoms with Gasteiger partial charge in [-0.1, -0.05) is 24.3 Å². The zero-order valence-corrected chi connectivity index (χ0v) is 17.9. The lowest BCUT2D eigenvalue weighted by atomic mass is 10.0. The number of rotatable bonds is 3. The quantitative estimate of drug-likeness (QED) is 0.501. The van der Waals surface area contributed by atoms with Crippen LogP contribution in [0.3, 0.4) is 0 Å². The second-order valence-electron chi connectivity index (χ2n) is 8.21. The van der Waals surface area contributed by atoms with Crippen LogP contribution in [-0.4, -0.2) is 52.7 Å². The van der Waals surface area contributed by atoms with Gasteiger partial charge in [-0.05, 0) is 49.4 Å². The Morgan fingerprint density at radius 3 is 2.39 bits per heavy atom. The smallest absolute Gasteiger partial charge is 0.165 e. The number of anilines is 3. The Hall–Kier alpha value is -3.58. The van der Waals surface area contributed by atoms with Crippen molar-refractivity contribution in [1.82, 2.24) is 19.5 Å². The van der Waals surface area contributed by atoms with Crippen molar-refractivity contribution in [3.8, 4) is 22.3 Å². The van der Waals surface area contributed by atoms with Gasteiger partial charge in [0, 0.05) is 48.7 Å². The summed E-state index contributed by atoms with van der Waals surface area (Å²) in [7, 11) is 2.17. The first kappa shape index (κ1) is 19.4. The first-order valence-electron chi connectivity index (χ1n) is 10.5. The van der Waals surface area contributed by atoms with Crippen LogP contribution in [0, 0.1) is 6.92 Å². The van der Waals surface area contributed by atoms with Crippen LogP contribution in [-0.2, 0) is 0 Å². The predicted molar refractivity (Wildman–Crippen MR) is 127 cm³/mol. The van der Waals surface area contributed by atoms with Crippen LogP contribution < -0.4 is 16.4 Å². The van der Waals surface area contributed by atoms with Crippen molar-refractivity contribution in [1.29, 1.82) is 0 Å². The molecule has 1 aliphatic heterocycles. The van der Waals surface area contributed by atoms with E-state index in [0.717, 1.165) is 65.5 Å². The van der Waals surface area contributed by atoms with Gasteiger partial charge in [-0.2, -0.15) is 9.61 Å². The van der Waals surface area contributed by atoms with Crippen LogP contribution in [0.2, 0.25) is 0 Å². The lowest BCUT2D eigenvalue weighted by molar-refractivity contribution is 0.313. The highest BCUT2D eigenvalue weighted by molar-refractivity contribution is 5.84. The number of aromatic nitrogens is 3. The van der Waals surface area contributed by atoms with Gasteiger partial charge in [0.15, 0.2) is 5.65 Å². The number of hydrogen-bond donors (Lipinski definition) is 2. The van der Waals surface area contributed by atoms with Crippen molar-refractivity contribution in [2.75, 3.05) is 49.6 Å². The summed E-state index contributed by atoms with van der Waals surface area (Å²) in [6, 6.07) is 16.3. The molecule has 1 saturated heterocycles. The first-order chi connectivity index (χ1) is 15.0. The van der Waals surface area contributed by atoms with Crippen LogP contribution >= 0.6 is 0 Å².